The number of hydrogen-bond acceptors (Lipinski definition) is 4. The van der Waals surface area contributed by atoms with Crippen molar-refractivity contribution in [1.29, 1.82) is 0 Å². The lowest BCUT2D eigenvalue weighted by Gasteiger charge is -2.34. The molecule has 4 nitrogen and oxygen atoms in total. The predicted octanol–water partition coefficient (Wildman–Crippen LogP) is 2.18. The minimum Gasteiger partial charge on any atom is -0.365 e. The highest BCUT2D eigenvalue weighted by Gasteiger charge is 2.23. The third kappa shape index (κ3) is 2.24. The van der Waals surface area contributed by atoms with Crippen molar-refractivity contribution in [3.05, 3.63) is 46.8 Å². The van der Waals surface area contributed by atoms with Gasteiger partial charge >= 0.3 is 0 Å². The molecule has 0 fully saturated rings. The smallest absolute Gasteiger partial charge is 0.138 e. The van der Waals surface area contributed by atoms with Crippen molar-refractivity contribution in [2.24, 2.45) is 5.73 Å². The Bertz CT molecular complexity index is 571. The first-order valence-corrected chi connectivity index (χ1v) is 6.65. The number of aromatic nitrogens is 1. The summed E-state index contributed by atoms with van der Waals surface area (Å²) in [6.07, 6.45) is 0.953. The maximum Gasteiger partial charge on any atom is 0.138 e. The normalized spacial score (nSPS) is 18.5. The van der Waals surface area contributed by atoms with Gasteiger partial charge in [-0.15, -0.1) is 0 Å². The fourth-order valence-electron chi connectivity index (χ4n) is 2.79. The summed E-state index contributed by atoms with van der Waals surface area (Å²) in [4.78, 5) is 2.33. The molecular weight excluding hydrogens is 238 g/mol. The molecule has 3 rings (SSSR count). The molecule has 19 heavy (non-hydrogen) atoms. The molecule has 2 N–H and O–H groups in total. The molecule has 1 aromatic heterocycles. The van der Waals surface area contributed by atoms with Gasteiger partial charge in [-0.05, 0) is 31.9 Å². The van der Waals surface area contributed by atoms with Crippen LogP contribution in [-0.4, -0.2) is 17.7 Å². The number of aryl methyl sites for hydroxylation is 2. The molecule has 1 unspecified atom stereocenters. The Labute approximate surface area is 113 Å². The molecule has 1 aromatic carbocycles. The summed E-state index contributed by atoms with van der Waals surface area (Å²) in [5.74, 6) is 0.897. The van der Waals surface area contributed by atoms with E-state index >= 15 is 0 Å². The Morgan fingerprint density at radius 2 is 2.16 bits per heavy atom. The van der Waals surface area contributed by atoms with Gasteiger partial charge in [-0.1, -0.05) is 23.4 Å². The highest BCUT2D eigenvalue weighted by atomic mass is 16.5. The minimum absolute atomic E-state index is 0.190. The van der Waals surface area contributed by atoms with Crippen LogP contribution in [0.2, 0.25) is 0 Å². The Morgan fingerprint density at radius 3 is 2.89 bits per heavy atom. The number of nitrogens with zero attached hydrogens (tertiary/aromatic N) is 2. The summed E-state index contributed by atoms with van der Waals surface area (Å²) in [7, 11) is 0. The molecule has 4 heteroatoms. The van der Waals surface area contributed by atoms with Crippen LogP contribution in [0.15, 0.2) is 28.8 Å². The molecule has 0 amide bonds. The lowest BCUT2D eigenvalue weighted by atomic mass is 9.98. The number of anilines is 1. The Hall–Kier alpha value is -1.81. The molecular formula is C15H19N3O. The molecule has 1 atom stereocenters. The lowest BCUT2D eigenvalue weighted by molar-refractivity contribution is 0.392. The largest absolute Gasteiger partial charge is 0.365 e. The molecule has 1 aliphatic rings. The second kappa shape index (κ2) is 4.70. The Morgan fingerprint density at radius 1 is 1.37 bits per heavy atom. The molecule has 0 bridgehead atoms. The van der Waals surface area contributed by atoms with E-state index in [4.69, 9.17) is 10.3 Å². The summed E-state index contributed by atoms with van der Waals surface area (Å²) in [5, 5.41) is 4.02. The maximum absolute atomic E-state index is 6.16. The van der Waals surface area contributed by atoms with Gasteiger partial charge in [0, 0.05) is 30.4 Å². The zero-order chi connectivity index (χ0) is 13.4. The molecule has 0 saturated carbocycles. The zero-order valence-electron chi connectivity index (χ0n) is 11.4. The van der Waals surface area contributed by atoms with Crippen molar-refractivity contribution >= 4 is 5.69 Å². The van der Waals surface area contributed by atoms with E-state index in [0.29, 0.717) is 0 Å². The summed E-state index contributed by atoms with van der Waals surface area (Å²) in [6.45, 7) is 5.64. The van der Waals surface area contributed by atoms with E-state index in [1.165, 1.54) is 16.8 Å². The molecule has 2 heterocycles. The van der Waals surface area contributed by atoms with Gasteiger partial charge in [-0.25, -0.2) is 0 Å². The van der Waals surface area contributed by atoms with Crippen molar-refractivity contribution in [1.82, 2.24) is 5.16 Å². The Balaban J connectivity index is 1.93. The van der Waals surface area contributed by atoms with Crippen LogP contribution in [0.5, 0.6) is 0 Å². The summed E-state index contributed by atoms with van der Waals surface area (Å²) < 4.78 is 5.24. The van der Waals surface area contributed by atoms with Gasteiger partial charge in [0.25, 0.3) is 0 Å². The number of hydrogen-bond donors (Lipinski definition) is 1. The third-order valence-corrected chi connectivity index (χ3v) is 3.80. The second-order valence-electron chi connectivity index (χ2n) is 5.28. The van der Waals surface area contributed by atoms with Crippen LogP contribution in [-0.2, 0) is 13.0 Å². The Kier molecular flexibility index (Phi) is 3.03. The first-order valence-electron chi connectivity index (χ1n) is 6.65. The van der Waals surface area contributed by atoms with Crippen LogP contribution in [0.25, 0.3) is 0 Å². The highest BCUT2D eigenvalue weighted by Crippen LogP contribution is 2.28. The van der Waals surface area contributed by atoms with E-state index in [9.17, 15) is 0 Å². The van der Waals surface area contributed by atoms with E-state index in [-0.39, 0.29) is 6.04 Å². The minimum atomic E-state index is 0.190. The van der Waals surface area contributed by atoms with Crippen molar-refractivity contribution in [2.45, 2.75) is 32.9 Å². The zero-order valence-corrected chi connectivity index (χ0v) is 11.4. The van der Waals surface area contributed by atoms with Gasteiger partial charge in [0.15, 0.2) is 0 Å². The highest BCUT2D eigenvalue weighted by molar-refractivity contribution is 5.56. The van der Waals surface area contributed by atoms with Gasteiger partial charge < -0.3 is 15.2 Å². The van der Waals surface area contributed by atoms with Gasteiger partial charge in [0.2, 0.25) is 0 Å². The first kappa shape index (κ1) is 12.2. The first-order chi connectivity index (χ1) is 9.15. The number of benzene rings is 1. The molecule has 0 spiro atoms. The second-order valence-corrected chi connectivity index (χ2v) is 5.28. The molecule has 0 aliphatic carbocycles. The van der Waals surface area contributed by atoms with Gasteiger partial charge in [-0.2, -0.15) is 0 Å². The number of para-hydroxylation sites is 1. The van der Waals surface area contributed by atoms with Crippen LogP contribution >= 0.6 is 0 Å². The van der Waals surface area contributed by atoms with E-state index < -0.39 is 0 Å². The quantitative estimate of drug-likeness (QED) is 0.896. The topological polar surface area (TPSA) is 55.3 Å². The third-order valence-electron chi connectivity index (χ3n) is 3.80. The molecule has 1 aliphatic heterocycles. The van der Waals surface area contributed by atoms with Crippen molar-refractivity contribution in [3.8, 4) is 0 Å². The van der Waals surface area contributed by atoms with Crippen LogP contribution < -0.4 is 10.6 Å². The summed E-state index contributed by atoms with van der Waals surface area (Å²) in [5.41, 5.74) is 10.9. The van der Waals surface area contributed by atoms with Crippen LogP contribution in [0, 0.1) is 13.8 Å². The van der Waals surface area contributed by atoms with Gasteiger partial charge in [-0.3, -0.25) is 0 Å². The average Bonchev–Trinajstić information content (AvgIpc) is 2.70. The lowest BCUT2D eigenvalue weighted by Crippen LogP contribution is -2.43. The monoisotopic (exact) mass is 257 g/mol. The van der Waals surface area contributed by atoms with E-state index in [1.807, 2.05) is 13.8 Å². The van der Waals surface area contributed by atoms with Crippen LogP contribution in [0.3, 0.4) is 0 Å². The number of nitrogens with two attached hydrogens (primary N) is 1. The summed E-state index contributed by atoms with van der Waals surface area (Å²) in [6, 6.07) is 8.67. The molecule has 100 valence electrons. The van der Waals surface area contributed by atoms with Crippen LogP contribution in [0.4, 0.5) is 5.69 Å². The van der Waals surface area contributed by atoms with Crippen molar-refractivity contribution in [3.63, 3.8) is 0 Å². The number of rotatable bonds is 2. The predicted molar refractivity (Wildman–Crippen MR) is 75.1 cm³/mol. The maximum atomic E-state index is 6.16. The molecule has 0 radical (unpaired) electrons. The SMILES string of the molecule is Cc1noc(C)c1CN1CC(N)Cc2ccccc21. The average molecular weight is 257 g/mol. The van der Waals surface area contributed by atoms with Crippen molar-refractivity contribution < 1.29 is 4.52 Å². The van der Waals surface area contributed by atoms with E-state index in [1.54, 1.807) is 0 Å². The summed E-state index contributed by atoms with van der Waals surface area (Å²) >= 11 is 0. The van der Waals surface area contributed by atoms with Gasteiger partial charge in [0.05, 0.1) is 5.69 Å². The fourth-order valence-corrected chi connectivity index (χ4v) is 2.79. The molecule has 0 saturated heterocycles. The van der Waals surface area contributed by atoms with E-state index in [0.717, 1.165) is 31.0 Å². The van der Waals surface area contributed by atoms with Gasteiger partial charge in [0.1, 0.15) is 5.76 Å². The van der Waals surface area contributed by atoms with Crippen molar-refractivity contribution in [2.75, 3.05) is 11.4 Å². The molecule has 2 aromatic rings. The van der Waals surface area contributed by atoms with Crippen LogP contribution in [0.1, 0.15) is 22.6 Å². The standard InChI is InChI=1S/C15H19N3O/c1-10-14(11(2)19-17-10)9-18-8-13(16)7-12-5-3-4-6-15(12)18/h3-6,13H,7-9,16H2,1-2H3. The van der Waals surface area contributed by atoms with E-state index in [2.05, 4.69) is 34.3 Å². The number of fused-ring (bicyclic) bond motifs is 1. The fraction of sp³-hybridized carbons (Fsp3) is 0.400.